The fraction of sp³-hybridized carbons (Fsp3) is 0.500. The summed E-state index contributed by atoms with van der Waals surface area (Å²) < 4.78 is 5.00. The van der Waals surface area contributed by atoms with Gasteiger partial charge in [0.2, 0.25) is 0 Å². The maximum absolute atomic E-state index is 8.37. The Kier molecular flexibility index (Phi) is 3.68. The number of nitriles is 1. The molecule has 0 aromatic carbocycles. The van der Waals surface area contributed by atoms with Gasteiger partial charge < -0.3 is 4.52 Å². The first kappa shape index (κ1) is 9.14. The molecule has 0 N–H and O–H groups in total. The van der Waals surface area contributed by atoms with E-state index in [9.17, 15) is 0 Å². The van der Waals surface area contributed by atoms with Crippen molar-refractivity contribution in [3.05, 3.63) is 17.5 Å². The van der Waals surface area contributed by atoms with Crippen molar-refractivity contribution in [1.29, 1.82) is 5.26 Å². The molecular formula is C8H10N2OS. The van der Waals surface area contributed by atoms with Gasteiger partial charge in [0.05, 0.1) is 18.2 Å². The van der Waals surface area contributed by atoms with Crippen LogP contribution in [-0.4, -0.2) is 17.2 Å². The van der Waals surface area contributed by atoms with Crippen LogP contribution >= 0.6 is 11.8 Å². The highest BCUT2D eigenvalue weighted by molar-refractivity contribution is 7.98. The average molecular weight is 182 g/mol. The van der Waals surface area contributed by atoms with Crippen LogP contribution in [0.2, 0.25) is 0 Å². The van der Waals surface area contributed by atoms with E-state index in [0.29, 0.717) is 6.42 Å². The van der Waals surface area contributed by atoms with E-state index in [1.807, 2.05) is 18.4 Å². The molecule has 3 nitrogen and oxygen atoms in total. The Morgan fingerprint density at radius 2 is 2.58 bits per heavy atom. The summed E-state index contributed by atoms with van der Waals surface area (Å²) >= 11 is 1.77. The van der Waals surface area contributed by atoms with E-state index in [2.05, 4.69) is 5.16 Å². The Balaban J connectivity index is 2.48. The summed E-state index contributed by atoms with van der Waals surface area (Å²) in [7, 11) is 0. The quantitative estimate of drug-likeness (QED) is 0.710. The van der Waals surface area contributed by atoms with Gasteiger partial charge in [-0.15, -0.1) is 0 Å². The number of aryl methyl sites for hydroxylation is 1. The zero-order valence-corrected chi connectivity index (χ0v) is 7.73. The molecule has 0 amide bonds. The number of aromatic nitrogens is 1. The van der Waals surface area contributed by atoms with E-state index in [1.165, 1.54) is 0 Å². The fourth-order valence-electron chi connectivity index (χ4n) is 0.841. The van der Waals surface area contributed by atoms with E-state index >= 15 is 0 Å². The standard InChI is InChI=1S/C8H10N2OS/c1-12-5-3-8-6-7(2-4-9)10-11-8/h6H,2-3,5H2,1H3. The average Bonchev–Trinajstić information content (AvgIpc) is 2.50. The number of rotatable bonds is 4. The highest BCUT2D eigenvalue weighted by Crippen LogP contribution is 2.07. The summed E-state index contributed by atoms with van der Waals surface area (Å²) in [5.74, 6) is 1.90. The Labute approximate surface area is 75.7 Å². The molecule has 4 heteroatoms. The van der Waals surface area contributed by atoms with Crippen LogP contribution in [0.25, 0.3) is 0 Å². The fourth-order valence-corrected chi connectivity index (χ4v) is 1.25. The van der Waals surface area contributed by atoms with Crippen molar-refractivity contribution < 1.29 is 4.52 Å². The molecule has 0 aliphatic heterocycles. The lowest BCUT2D eigenvalue weighted by atomic mass is 10.3. The molecule has 64 valence electrons. The van der Waals surface area contributed by atoms with Crippen LogP contribution in [0.3, 0.4) is 0 Å². The van der Waals surface area contributed by atoms with Gasteiger partial charge in [0.1, 0.15) is 5.76 Å². The van der Waals surface area contributed by atoms with Gasteiger partial charge in [-0.1, -0.05) is 5.16 Å². The molecule has 0 spiro atoms. The Bertz CT molecular complexity index is 277. The molecule has 0 bridgehead atoms. The maximum Gasteiger partial charge on any atom is 0.137 e. The van der Waals surface area contributed by atoms with Gasteiger partial charge in [0.25, 0.3) is 0 Å². The second kappa shape index (κ2) is 4.83. The van der Waals surface area contributed by atoms with Gasteiger partial charge in [-0.05, 0) is 6.26 Å². The van der Waals surface area contributed by atoms with Gasteiger partial charge in [0, 0.05) is 18.2 Å². The molecule has 1 rings (SSSR count). The van der Waals surface area contributed by atoms with Crippen LogP contribution in [0.15, 0.2) is 10.6 Å². The molecule has 0 saturated heterocycles. The highest BCUT2D eigenvalue weighted by atomic mass is 32.2. The minimum absolute atomic E-state index is 0.336. The molecular weight excluding hydrogens is 172 g/mol. The van der Waals surface area contributed by atoms with Crippen LogP contribution in [0.5, 0.6) is 0 Å². The van der Waals surface area contributed by atoms with Gasteiger partial charge in [0.15, 0.2) is 0 Å². The zero-order valence-electron chi connectivity index (χ0n) is 6.91. The monoisotopic (exact) mass is 182 g/mol. The van der Waals surface area contributed by atoms with Crippen LogP contribution < -0.4 is 0 Å². The third kappa shape index (κ3) is 2.59. The second-order valence-corrected chi connectivity index (χ2v) is 3.35. The largest absolute Gasteiger partial charge is 0.361 e. The van der Waals surface area contributed by atoms with Crippen molar-refractivity contribution in [2.45, 2.75) is 12.8 Å². The van der Waals surface area contributed by atoms with Gasteiger partial charge in [-0.3, -0.25) is 0 Å². The van der Waals surface area contributed by atoms with E-state index in [0.717, 1.165) is 23.6 Å². The highest BCUT2D eigenvalue weighted by Gasteiger charge is 2.02. The molecule has 0 radical (unpaired) electrons. The van der Waals surface area contributed by atoms with Crippen molar-refractivity contribution in [1.82, 2.24) is 5.16 Å². The first-order valence-electron chi connectivity index (χ1n) is 3.67. The molecule has 0 aliphatic rings. The number of nitrogens with zero attached hydrogens (tertiary/aromatic N) is 2. The molecule has 0 aliphatic carbocycles. The number of thioether (sulfide) groups is 1. The van der Waals surface area contributed by atoms with Crippen molar-refractivity contribution >= 4 is 11.8 Å². The number of hydrogen-bond donors (Lipinski definition) is 0. The van der Waals surface area contributed by atoms with Crippen LogP contribution in [0.1, 0.15) is 11.5 Å². The number of hydrogen-bond acceptors (Lipinski definition) is 4. The molecule has 12 heavy (non-hydrogen) atoms. The summed E-state index contributed by atoms with van der Waals surface area (Å²) in [6, 6.07) is 3.87. The van der Waals surface area contributed by atoms with Crippen LogP contribution in [0, 0.1) is 11.3 Å². The Hall–Kier alpha value is -0.950. The minimum atomic E-state index is 0.336. The van der Waals surface area contributed by atoms with Crippen molar-refractivity contribution in [3.63, 3.8) is 0 Å². The SMILES string of the molecule is CSCCc1cc(CC#N)no1. The van der Waals surface area contributed by atoms with Crippen molar-refractivity contribution in [2.75, 3.05) is 12.0 Å². The molecule has 0 unspecified atom stereocenters. The van der Waals surface area contributed by atoms with E-state index in [-0.39, 0.29) is 0 Å². The van der Waals surface area contributed by atoms with E-state index in [4.69, 9.17) is 9.78 Å². The molecule has 1 heterocycles. The molecule has 0 atom stereocenters. The molecule has 1 aromatic heterocycles. The first-order chi connectivity index (χ1) is 5.86. The topological polar surface area (TPSA) is 49.8 Å². The lowest BCUT2D eigenvalue weighted by Gasteiger charge is -1.88. The predicted octanol–water partition coefficient (Wildman–Crippen LogP) is 1.65. The smallest absolute Gasteiger partial charge is 0.137 e. The normalized spacial score (nSPS) is 9.67. The third-order valence-corrected chi connectivity index (χ3v) is 2.03. The molecule has 0 saturated carbocycles. The predicted molar refractivity (Wildman–Crippen MR) is 47.9 cm³/mol. The van der Waals surface area contributed by atoms with Gasteiger partial charge >= 0.3 is 0 Å². The second-order valence-electron chi connectivity index (χ2n) is 2.36. The summed E-state index contributed by atoms with van der Waals surface area (Å²) in [4.78, 5) is 0. The third-order valence-electron chi connectivity index (χ3n) is 1.42. The van der Waals surface area contributed by atoms with Gasteiger partial charge in [-0.2, -0.15) is 17.0 Å². The Morgan fingerprint density at radius 1 is 1.75 bits per heavy atom. The minimum Gasteiger partial charge on any atom is -0.361 e. The summed E-state index contributed by atoms with van der Waals surface area (Å²) in [5.41, 5.74) is 0.730. The molecule has 0 fully saturated rings. The van der Waals surface area contributed by atoms with E-state index in [1.54, 1.807) is 11.8 Å². The van der Waals surface area contributed by atoms with E-state index < -0.39 is 0 Å². The van der Waals surface area contributed by atoms with Crippen molar-refractivity contribution in [3.8, 4) is 6.07 Å². The molecule has 1 aromatic rings. The lowest BCUT2D eigenvalue weighted by molar-refractivity contribution is 0.382. The van der Waals surface area contributed by atoms with Crippen molar-refractivity contribution in [2.24, 2.45) is 0 Å². The summed E-state index contributed by atoms with van der Waals surface area (Å²) in [6.07, 6.45) is 3.27. The summed E-state index contributed by atoms with van der Waals surface area (Å²) in [5, 5.41) is 12.1. The first-order valence-corrected chi connectivity index (χ1v) is 5.06. The maximum atomic E-state index is 8.37. The van der Waals surface area contributed by atoms with Crippen LogP contribution in [-0.2, 0) is 12.8 Å². The van der Waals surface area contributed by atoms with Gasteiger partial charge in [-0.25, -0.2) is 0 Å². The lowest BCUT2D eigenvalue weighted by Crippen LogP contribution is -1.83. The zero-order chi connectivity index (χ0) is 8.81. The summed E-state index contributed by atoms with van der Waals surface area (Å²) in [6.45, 7) is 0. The Morgan fingerprint density at radius 3 is 3.25 bits per heavy atom. The van der Waals surface area contributed by atoms with Crippen LogP contribution in [0.4, 0.5) is 0 Å².